The van der Waals surface area contributed by atoms with Crippen molar-refractivity contribution >= 4 is 29.0 Å². The van der Waals surface area contributed by atoms with Gasteiger partial charge in [0.1, 0.15) is 28.2 Å². The molecule has 3 N–H and O–H groups in total. The van der Waals surface area contributed by atoms with E-state index in [9.17, 15) is 14.3 Å². The molecule has 3 fully saturated rings. The van der Waals surface area contributed by atoms with Crippen LogP contribution in [0.2, 0.25) is 0 Å². The second-order valence-electron chi connectivity index (χ2n) is 10.5. The van der Waals surface area contributed by atoms with Crippen LogP contribution in [0.15, 0.2) is 17.5 Å². The topological polar surface area (TPSA) is 104 Å². The van der Waals surface area contributed by atoms with Crippen LogP contribution >= 0.6 is 11.3 Å². The van der Waals surface area contributed by atoms with Crippen LogP contribution in [0.5, 0.6) is 0 Å². The first-order chi connectivity index (χ1) is 18.2. The zero-order valence-corrected chi connectivity index (χ0v) is 22.3. The third-order valence-electron chi connectivity index (χ3n) is 7.49. The number of aliphatic hydroxyl groups is 1. The van der Waals surface area contributed by atoms with Gasteiger partial charge in [-0.25, -0.2) is 13.6 Å². The molecule has 2 unspecified atom stereocenters. The van der Waals surface area contributed by atoms with Gasteiger partial charge in [-0.2, -0.15) is 0 Å². The van der Waals surface area contributed by atoms with E-state index < -0.39 is 23.8 Å². The minimum absolute atomic E-state index is 0.0480. The van der Waals surface area contributed by atoms with Gasteiger partial charge in [-0.1, -0.05) is 6.92 Å². The Labute approximate surface area is 224 Å². The van der Waals surface area contributed by atoms with Crippen LogP contribution in [-0.2, 0) is 20.8 Å². The number of nitrogens with zero attached hydrogens (tertiary/aromatic N) is 1. The Morgan fingerprint density at radius 2 is 1.97 bits per heavy atom. The molecule has 1 aromatic heterocycles. The highest BCUT2D eigenvalue weighted by atomic mass is 32.1. The number of carbonyl (C=O) groups excluding carboxylic acids is 1. The number of rotatable bonds is 8. The molecule has 8 nitrogen and oxygen atoms in total. The quantitative estimate of drug-likeness (QED) is 0.317. The second-order valence-corrected chi connectivity index (χ2v) is 11.4. The minimum Gasteiger partial charge on any atom is -0.473 e. The Morgan fingerprint density at radius 3 is 2.61 bits per heavy atom. The number of fused-ring (bicyclic) bond motifs is 2. The molecule has 2 aromatic rings. The van der Waals surface area contributed by atoms with E-state index in [1.165, 1.54) is 17.4 Å². The Bertz CT molecular complexity index is 1200. The number of aliphatic hydroxyl groups excluding tert-OH is 1. The van der Waals surface area contributed by atoms with Gasteiger partial charge in [-0.05, 0) is 38.3 Å². The van der Waals surface area contributed by atoms with Crippen molar-refractivity contribution in [1.29, 1.82) is 5.41 Å². The van der Waals surface area contributed by atoms with E-state index in [1.807, 2.05) is 13.8 Å². The van der Waals surface area contributed by atoms with E-state index in [2.05, 4.69) is 5.32 Å². The zero-order chi connectivity index (χ0) is 27.0. The summed E-state index contributed by atoms with van der Waals surface area (Å²) in [4.78, 5) is 14.9. The van der Waals surface area contributed by atoms with Crippen molar-refractivity contribution in [1.82, 2.24) is 4.90 Å². The normalized spacial score (nSPS) is 23.6. The number of piperidine rings is 1. The van der Waals surface area contributed by atoms with Crippen molar-refractivity contribution in [3.8, 4) is 11.1 Å². The predicted octanol–water partition coefficient (Wildman–Crippen LogP) is 4.99. The molecule has 3 aliphatic rings. The third-order valence-corrected chi connectivity index (χ3v) is 8.46. The van der Waals surface area contributed by atoms with Gasteiger partial charge < -0.3 is 29.5 Å². The zero-order valence-electron chi connectivity index (χ0n) is 21.5. The molecular weight excluding hydrogens is 516 g/mol. The maximum Gasteiger partial charge on any atom is 0.410 e. The van der Waals surface area contributed by atoms with Crippen molar-refractivity contribution in [2.75, 3.05) is 38.2 Å². The number of benzene rings is 1. The van der Waals surface area contributed by atoms with Crippen LogP contribution < -0.4 is 5.32 Å². The average Bonchev–Trinajstić information content (AvgIpc) is 3.45. The number of amides is 1. The summed E-state index contributed by atoms with van der Waals surface area (Å²) < 4.78 is 46.8. The molecule has 11 heteroatoms. The summed E-state index contributed by atoms with van der Waals surface area (Å²) >= 11 is 1.24. The van der Waals surface area contributed by atoms with E-state index in [1.54, 1.807) is 10.3 Å². The maximum atomic E-state index is 15.1. The number of nitrogens with one attached hydrogen (secondary N) is 2. The molecule has 1 amide bonds. The fourth-order valence-corrected chi connectivity index (χ4v) is 6.02. The molecule has 1 aromatic carbocycles. The highest BCUT2D eigenvalue weighted by molar-refractivity contribution is 7.13. The summed E-state index contributed by atoms with van der Waals surface area (Å²) in [5.74, 6) is -1.91. The van der Waals surface area contributed by atoms with Crippen LogP contribution in [0.3, 0.4) is 0 Å². The first kappa shape index (κ1) is 26.8. The summed E-state index contributed by atoms with van der Waals surface area (Å²) in [7, 11) is 0. The van der Waals surface area contributed by atoms with E-state index in [0.717, 1.165) is 25.3 Å². The largest absolute Gasteiger partial charge is 0.473 e. The van der Waals surface area contributed by atoms with Gasteiger partial charge in [0.05, 0.1) is 25.5 Å². The number of thiophene rings is 1. The first-order valence-corrected chi connectivity index (χ1v) is 13.9. The van der Waals surface area contributed by atoms with Crippen LogP contribution in [0, 0.1) is 28.9 Å². The van der Waals surface area contributed by atoms with Gasteiger partial charge in [0.25, 0.3) is 0 Å². The van der Waals surface area contributed by atoms with E-state index >= 15 is 4.39 Å². The molecule has 2 atom stereocenters. The van der Waals surface area contributed by atoms with Crippen molar-refractivity contribution < 1.29 is 32.9 Å². The fourth-order valence-electron chi connectivity index (χ4n) is 5.08. The van der Waals surface area contributed by atoms with E-state index in [-0.39, 0.29) is 41.1 Å². The molecule has 206 valence electrons. The number of hydrogen-bond donors (Lipinski definition) is 3. The van der Waals surface area contributed by atoms with Crippen LogP contribution in [0.25, 0.3) is 11.1 Å². The second kappa shape index (κ2) is 10.8. The lowest BCUT2D eigenvalue weighted by Crippen LogP contribution is -2.58. The number of ether oxygens (including phenoxy) is 3. The average molecular weight is 550 g/mol. The molecule has 38 heavy (non-hydrogen) atoms. The van der Waals surface area contributed by atoms with Gasteiger partial charge >= 0.3 is 6.09 Å². The molecule has 0 radical (unpaired) electrons. The smallest absolute Gasteiger partial charge is 0.410 e. The van der Waals surface area contributed by atoms with Crippen LogP contribution in [-0.4, -0.2) is 66.6 Å². The summed E-state index contributed by atoms with van der Waals surface area (Å²) in [5, 5.41) is 23.3. The molecule has 0 spiro atoms. The minimum atomic E-state index is -0.824. The van der Waals surface area contributed by atoms with E-state index in [4.69, 9.17) is 19.6 Å². The monoisotopic (exact) mass is 549 g/mol. The highest BCUT2D eigenvalue weighted by Crippen LogP contribution is 2.42. The fraction of sp³-hybridized carbons (Fsp3) is 0.556. The van der Waals surface area contributed by atoms with Crippen molar-refractivity contribution in [3.05, 3.63) is 39.6 Å². The van der Waals surface area contributed by atoms with Gasteiger partial charge in [0.15, 0.2) is 0 Å². The number of carbonyl (C=O) groups is 1. The summed E-state index contributed by atoms with van der Waals surface area (Å²) in [5.41, 5.74) is 0.423. The molecule has 2 aliphatic heterocycles. The molecular formula is C27H33F2N3O5S. The van der Waals surface area contributed by atoms with Gasteiger partial charge in [-0.15, -0.1) is 11.3 Å². The van der Waals surface area contributed by atoms with Crippen LogP contribution in [0.1, 0.15) is 43.6 Å². The summed E-state index contributed by atoms with van der Waals surface area (Å²) in [6.45, 7) is 5.43. The van der Waals surface area contributed by atoms with Crippen LogP contribution in [0.4, 0.5) is 19.3 Å². The predicted molar refractivity (Wildman–Crippen MR) is 140 cm³/mol. The summed E-state index contributed by atoms with van der Waals surface area (Å²) in [6, 6.07) is 2.48. The number of hydrogen-bond acceptors (Lipinski definition) is 8. The Kier molecular flexibility index (Phi) is 7.61. The molecule has 1 aliphatic carbocycles. The molecule has 1 saturated carbocycles. The summed E-state index contributed by atoms with van der Waals surface area (Å²) in [6.07, 6.45) is 1.93. The standard InChI is InChI=1S/C27H33F2N3O5S/c1-3-8-31-22-19(17-4-5-20(28)18(11-33)21(17)29)14-38-24(22)25(30)36-23-15-9-32(10-16(23)13-35-12-15)26(34)37-27(2)6-7-27/h4-5,14-16,23,30-31,33H,3,6-13H2,1-2H3. The van der Waals surface area contributed by atoms with E-state index in [0.29, 0.717) is 49.0 Å². The lowest BCUT2D eigenvalue weighted by atomic mass is 9.84. The lowest BCUT2D eigenvalue weighted by Gasteiger charge is -2.46. The number of anilines is 1. The Hall–Kier alpha value is -2.76. The Morgan fingerprint density at radius 1 is 1.26 bits per heavy atom. The van der Waals surface area contributed by atoms with Gasteiger partial charge in [0.2, 0.25) is 5.90 Å². The third kappa shape index (κ3) is 5.23. The van der Waals surface area contributed by atoms with Crippen molar-refractivity contribution in [2.24, 2.45) is 11.8 Å². The van der Waals surface area contributed by atoms with Gasteiger partial charge in [0, 0.05) is 53.5 Å². The van der Waals surface area contributed by atoms with Crippen molar-refractivity contribution in [3.63, 3.8) is 0 Å². The number of halogens is 2. The first-order valence-electron chi connectivity index (χ1n) is 13.0. The molecule has 3 heterocycles. The maximum absolute atomic E-state index is 15.1. The Balaban J connectivity index is 1.36. The lowest BCUT2D eigenvalue weighted by molar-refractivity contribution is -0.114. The molecule has 2 saturated heterocycles. The SMILES string of the molecule is CCCNc1c(-c2ccc(F)c(CO)c2F)csc1C(=N)OC1C2COCC1CN(C(=O)OC1(C)CC1)C2. The van der Waals surface area contributed by atoms with Crippen molar-refractivity contribution in [2.45, 2.75) is 51.4 Å². The van der Waals surface area contributed by atoms with Gasteiger partial charge in [-0.3, -0.25) is 5.41 Å². The molecule has 2 bridgehead atoms. The molecule has 5 rings (SSSR count). The highest BCUT2D eigenvalue weighted by Gasteiger charge is 2.47. The number of likely N-dealkylation sites (tertiary alicyclic amines) is 1.